The number of hydrogen-bond donors (Lipinski definition) is 1. The molecule has 0 aromatic carbocycles. The van der Waals surface area contributed by atoms with Crippen LogP contribution in [0.2, 0.25) is 0 Å². The van der Waals surface area contributed by atoms with Crippen LogP contribution in [0.3, 0.4) is 0 Å². The first kappa shape index (κ1) is 10.9. The molecule has 0 amide bonds. The molecule has 0 aromatic rings. The highest BCUT2D eigenvalue weighted by molar-refractivity contribution is 5.68. The van der Waals surface area contributed by atoms with Crippen molar-refractivity contribution < 1.29 is 9.90 Å². The molecule has 0 radical (unpaired) electrons. The maximum atomic E-state index is 10.7. The Balaban J connectivity index is 1.89. The maximum absolute atomic E-state index is 10.7. The van der Waals surface area contributed by atoms with E-state index >= 15 is 0 Å². The van der Waals surface area contributed by atoms with Crippen molar-refractivity contribution in [2.45, 2.75) is 51.5 Å². The van der Waals surface area contributed by atoms with Crippen LogP contribution in [0, 0.1) is 5.41 Å². The molecule has 0 atom stereocenters. The Morgan fingerprint density at radius 3 is 2.33 bits per heavy atom. The molecule has 2 aliphatic rings. The van der Waals surface area contributed by atoms with Crippen molar-refractivity contribution in [1.29, 1.82) is 0 Å². The van der Waals surface area contributed by atoms with Crippen LogP contribution in [-0.4, -0.2) is 34.6 Å². The van der Waals surface area contributed by atoms with Crippen molar-refractivity contribution in [1.82, 2.24) is 4.90 Å². The molecule has 1 saturated heterocycles. The fourth-order valence-electron chi connectivity index (χ4n) is 3.11. The van der Waals surface area contributed by atoms with Crippen molar-refractivity contribution in [2.24, 2.45) is 5.41 Å². The molecule has 3 heteroatoms. The van der Waals surface area contributed by atoms with Crippen molar-refractivity contribution in [3.8, 4) is 0 Å². The van der Waals surface area contributed by atoms with E-state index in [0.29, 0.717) is 5.41 Å². The first-order valence-corrected chi connectivity index (χ1v) is 5.91. The summed E-state index contributed by atoms with van der Waals surface area (Å²) in [5.74, 6) is -0.688. The van der Waals surface area contributed by atoms with Gasteiger partial charge >= 0.3 is 5.97 Å². The second-order valence-corrected chi connectivity index (χ2v) is 5.95. The number of aliphatic carboxylic acids is 1. The van der Waals surface area contributed by atoms with Crippen LogP contribution in [-0.2, 0) is 4.79 Å². The van der Waals surface area contributed by atoms with Gasteiger partial charge in [-0.2, -0.15) is 0 Å². The lowest BCUT2D eigenvalue weighted by atomic mass is 9.75. The zero-order valence-electron chi connectivity index (χ0n) is 9.75. The highest BCUT2D eigenvalue weighted by Gasteiger charge is 2.49. The smallest absolute Gasteiger partial charge is 0.305 e. The summed E-state index contributed by atoms with van der Waals surface area (Å²) in [7, 11) is 0. The molecule has 2 rings (SSSR count). The predicted octanol–water partition coefficient (Wildman–Crippen LogP) is 2.12. The van der Waals surface area contributed by atoms with Crippen LogP contribution in [0.4, 0.5) is 0 Å². The van der Waals surface area contributed by atoms with E-state index < -0.39 is 5.97 Å². The van der Waals surface area contributed by atoms with Gasteiger partial charge in [0.15, 0.2) is 0 Å². The van der Waals surface area contributed by atoms with E-state index in [1.165, 1.54) is 25.7 Å². The van der Waals surface area contributed by atoms with E-state index in [4.69, 9.17) is 5.11 Å². The molecule has 1 spiro atoms. The fraction of sp³-hybridized carbons (Fsp3) is 0.917. The van der Waals surface area contributed by atoms with Crippen LogP contribution in [0.1, 0.15) is 46.0 Å². The Kier molecular flexibility index (Phi) is 2.53. The van der Waals surface area contributed by atoms with Crippen LogP contribution in [0.5, 0.6) is 0 Å². The molecule has 86 valence electrons. The molecule has 0 unspecified atom stereocenters. The van der Waals surface area contributed by atoms with Crippen LogP contribution >= 0.6 is 0 Å². The molecular weight excluding hydrogens is 190 g/mol. The summed E-state index contributed by atoms with van der Waals surface area (Å²) < 4.78 is 0. The first-order chi connectivity index (χ1) is 6.94. The van der Waals surface area contributed by atoms with E-state index in [0.717, 1.165) is 13.1 Å². The Bertz CT molecular complexity index is 259. The lowest BCUT2D eigenvalue weighted by Crippen LogP contribution is -2.63. The summed E-state index contributed by atoms with van der Waals surface area (Å²) in [6, 6.07) is 0. The summed E-state index contributed by atoms with van der Waals surface area (Å²) in [5.41, 5.74) is 0.398. The Morgan fingerprint density at radius 2 is 1.87 bits per heavy atom. The SMILES string of the molecule is CC(C)(CC(=O)O)N1CC2(CCCC2)C1. The van der Waals surface area contributed by atoms with Gasteiger partial charge in [0.25, 0.3) is 0 Å². The van der Waals surface area contributed by atoms with Gasteiger partial charge in [-0.15, -0.1) is 0 Å². The molecule has 1 aliphatic heterocycles. The van der Waals surface area contributed by atoms with Gasteiger partial charge in [-0.25, -0.2) is 0 Å². The summed E-state index contributed by atoms with van der Waals surface area (Å²) in [6.07, 6.45) is 5.70. The molecule has 0 aromatic heterocycles. The third kappa shape index (κ3) is 2.03. The van der Waals surface area contributed by atoms with Crippen molar-refractivity contribution in [3.63, 3.8) is 0 Å². The lowest BCUT2D eigenvalue weighted by Gasteiger charge is -2.55. The fourth-order valence-corrected chi connectivity index (χ4v) is 3.11. The van der Waals surface area contributed by atoms with Gasteiger partial charge in [0.1, 0.15) is 0 Å². The summed E-state index contributed by atoms with van der Waals surface area (Å²) in [6.45, 7) is 6.33. The van der Waals surface area contributed by atoms with Gasteiger partial charge in [-0.1, -0.05) is 12.8 Å². The summed E-state index contributed by atoms with van der Waals surface area (Å²) >= 11 is 0. The largest absolute Gasteiger partial charge is 0.481 e. The molecule has 2 fully saturated rings. The van der Waals surface area contributed by atoms with Crippen molar-refractivity contribution >= 4 is 5.97 Å². The highest BCUT2D eigenvalue weighted by Crippen LogP contribution is 2.48. The molecule has 1 heterocycles. The molecule has 1 N–H and O–H groups in total. The third-order valence-corrected chi connectivity index (χ3v) is 4.16. The number of carbonyl (C=O) groups is 1. The second kappa shape index (κ2) is 3.48. The average Bonchev–Trinajstić information content (AvgIpc) is 2.45. The first-order valence-electron chi connectivity index (χ1n) is 5.91. The Hall–Kier alpha value is -0.570. The van der Waals surface area contributed by atoms with Crippen LogP contribution in [0.25, 0.3) is 0 Å². The summed E-state index contributed by atoms with van der Waals surface area (Å²) in [5, 5.41) is 8.85. The number of hydrogen-bond acceptors (Lipinski definition) is 2. The van der Waals surface area contributed by atoms with Crippen LogP contribution < -0.4 is 0 Å². The maximum Gasteiger partial charge on any atom is 0.305 e. The predicted molar refractivity (Wildman–Crippen MR) is 58.8 cm³/mol. The van der Waals surface area contributed by atoms with E-state index in [2.05, 4.69) is 4.90 Å². The van der Waals surface area contributed by atoms with E-state index in [1.54, 1.807) is 0 Å². The molecule has 0 bridgehead atoms. The Morgan fingerprint density at radius 1 is 1.33 bits per heavy atom. The van der Waals surface area contributed by atoms with Gasteiger partial charge < -0.3 is 5.11 Å². The van der Waals surface area contributed by atoms with Gasteiger partial charge in [-0.3, -0.25) is 9.69 Å². The number of rotatable bonds is 3. The third-order valence-electron chi connectivity index (χ3n) is 4.16. The quantitative estimate of drug-likeness (QED) is 0.777. The molecule has 3 nitrogen and oxygen atoms in total. The number of nitrogens with zero attached hydrogens (tertiary/aromatic N) is 1. The standard InChI is InChI=1S/C12H21NO2/c1-11(2,7-10(14)15)13-8-12(9-13)5-3-4-6-12/h3-9H2,1-2H3,(H,14,15). The molecular formula is C12H21NO2. The van der Waals surface area contributed by atoms with Crippen LogP contribution in [0.15, 0.2) is 0 Å². The molecule has 1 aliphatic carbocycles. The number of likely N-dealkylation sites (tertiary alicyclic amines) is 1. The van der Waals surface area contributed by atoms with E-state index in [9.17, 15) is 4.79 Å². The number of carboxylic acids is 1. The number of carboxylic acid groups (broad SMARTS) is 1. The minimum absolute atomic E-state index is 0.167. The average molecular weight is 211 g/mol. The monoisotopic (exact) mass is 211 g/mol. The van der Waals surface area contributed by atoms with E-state index in [1.807, 2.05) is 13.8 Å². The normalized spacial score (nSPS) is 25.5. The summed E-state index contributed by atoms with van der Waals surface area (Å²) in [4.78, 5) is 13.1. The molecule has 1 saturated carbocycles. The minimum Gasteiger partial charge on any atom is -0.481 e. The van der Waals surface area contributed by atoms with Gasteiger partial charge in [-0.05, 0) is 32.1 Å². The van der Waals surface area contributed by atoms with Gasteiger partial charge in [0, 0.05) is 18.6 Å². The highest BCUT2D eigenvalue weighted by atomic mass is 16.4. The minimum atomic E-state index is -0.688. The van der Waals surface area contributed by atoms with Gasteiger partial charge in [0.05, 0.1) is 6.42 Å². The second-order valence-electron chi connectivity index (χ2n) is 5.95. The molecule has 15 heavy (non-hydrogen) atoms. The van der Waals surface area contributed by atoms with Crippen molar-refractivity contribution in [2.75, 3.05) is 13.1 Å². The lowest BCUT2D eigenvalue weighted by molar-refractivity contribution is -0.143. The topological polar surface area (TPSA) is 40.5 Å². The van der Waals surface area contributed by atoms with Gasteiger partial charge in [0.2, 0.25) is 0 Å². The Labute approximate surface area is 91.5 Å². The van der Waals surface area contributed by atoms with E-state index in [-0.39, 0.29) is 12.0 Å². The zero-order chi connectivity index (χ0) is 11.1. The van der Waals surface area contributed by atoms with Crippen molar-refractivity contribution in [3.05, 3.63) is 0 Å². The zero-order valence-corrected chi connectivity index (χ0v) is 9.75.